The minimum Gasteiger partial charge on any atom is -0.497 e. The fourth-order valence-electron chi connectivity index (χ4n) is 1.95. The molecule has 17 heavy (non-hydrogen) atoms. The van der Waals surface area contributed by atoms with Crippen molar-refractivity contribution in [2.45, 2.75) is 32.1 Å². The van der Waals surface area contributed by atoms with Gasteiger partial charge in [-0.3, -0.25) is 0 Å². The standard InChI is InChI=1S/C14H21ClO2/c1-5-6-10(2)14(15)12-8-7-11(16-3)9-13(12)17-4/h7-10,14H,5-6H2,1-4H3. The number of halogens is 1. The van der Waals surface area contributed by atoms with Crippen molar-refractivity contribution >= 4 is 11.6 Å². The van der Waals surface area contributed by atoms with Gasteiger partial charge in [-0.15, -0.1) is 11.6 Å². The summed E-state index contributed by atoms with van der Waals surface area (Å²) in [6.45, 7) is 4.34. The van der Waals surface area contributed by atoms with Crippen LogP contribution in [0.4, 0.5) is 0 Å². The summed E-state index contributed by atoms with van der Waals surface area (Å²) in [7, 11) is 3.30. The van der Waals surface area contributed by atoms with Gasteiger partial charge < -0.3 is 9.47 Å². The van der Waals surface area contributed by atoms with Crippen LogP contribution in [-0.4, -0.2) is 14.2 Å². The van der Waals surface area contributed by atoms with Crippen molar-refractivity contribution in [1.29, 1.82) is 0 Å². The summed E-state index contributed by atoms with van der Waals surface area (Å²) in [5.74, 6) is 2.02. The summed E-state index contributed by atoms with van der Waals surface area (Å²) in [5.41, 5.74) is 1.04. The van der Waals surface area contributed by atoms with Gasteiger partial charge in [-0.2, -0.15) is 0 Å². The molecule has 1 aromatic carbocycles. The number of hydrogen-bond donors (Lipinski definition) is 0. The molecular formula is C14H21ClO2. The number of methoxy groups -OCH3 is 2. The van der Waals surface area contributed by atoms with Crippen LogP contribution in [-0.2, 0) is 0 Å². The normalized spacial score (nSPS) is 14.2. The van der Waals surface area contributed by atoms with Crippen LogP contribution < -0.4 is 9.47 Å². The molecule has 0 N–H and O–H groups in total. The molecule has 2 unspecified atom stereocenters. The van der Waals surface area contributed by atoms with E-state index in [1.54, 1.807) is 14.2 Å². The Balaban J connectivity index is 2.96. The predicted molar refractivity (Wildman–Crippen MR) is 72.2 cm³/mol. The Hall–Kier alpha value is -0.890. The number of ether oxygens (including phenoxy) is 2. The van der Waals surface area contributed by atoms with E-state index in [1.165, 1.54) is 0 Å². The van der Waals surface area contributed by atoms with E-state index in [-0.39, 0.29) is 5.38 Å². The molecule has 3 heteroatoms. The molecule has 0 bridgehead atoms. The van der Waals surface area contributed by atoms with Crippen molar-refractivity contribution in [3.05, 3.63) is 23.8 Å². The highest BCUT2D eigenvalue weighted by Crippen LogP contribution is 2.38. The number of hydrogen-bond acceptors (Lipinski definition) is 2. The van der Waals surface area contributed by atoms with Crippen LogP contribution in [0.1, 0.15) is 37.6 Å². The summed E-state index contributed by atoms with van der Waals surface area (Å²) >= 11 is 6.49. The summed E-state index contributed by atoms with van der Waals surface area (Å²) in [4.78, 5) is 0. The van der Waals surface area contributed by atoms with E-state index in [4.69, 9.17) is 21.1 Å². The molecule has 0 aromatic heterocycles. The molecule has 0 aliphatic carbocycles. The lowest BCUT2D eigenvalue weighted by molar-refractivity contribution is 0.386. The third-order valence-electron chi connectivity index (χ3n) is 2.98. The van der Waals surface area contributed by atoms with Crippen LogP contribution >= 0.6 is 11.6 Å². The van der Waals surface area contributed by atoms with Gasteiger partial charge in [0.15, 0.2) is 0 Å². The first kappa shape index (κ1) is 14.2. The van der Waals surface area contributed by atoms with E-state index in [1.807, 2.05) is 18.2 Å². The highest BCUT2D eigenvalue weighted by Gasteiger charge is 2.20. The first-order valence-electron chi connectivity index (χ1n) is 6.00. The molecule has 0 radical (unpaired) electrons. The summed E-state index contributed by atoms with van der Waals surface area (Å²) in [5, 5.41) is -0.0178. The molecule has 0 fully saturated rings. The van der Waals surface area contributed by atoms with Crippen LogP contribution in [0.3, 0.4) is 0 Å². The van der Waals surface area contributed by atoms with Gasteiger partial charge in [0.2, 0.25) is 0 Å². The lowest BCUT2D eigenvalue weighted by atomic mass is 9.95. The van der Waals surface area contributed by atoms with Crippen molar-refractivity contribution in [2.24, 2.45) is 5.92 Å². The van der Waals surface area contributed by atoms with Crippen LogP contribution in [0.15, 0.2) is 18.2 Å². The van der Waals surface area contributed by atoms with E-state index < -0.39 is 0 Å². The predicted octanol–water partition coefficient (Wildman–Crippen LogP) is 4.42. The summed E-state index contributed by atoms with van der Waals surface area (Å²) in [6.07, 6.45) is 2.26. The van der Waals surface area contributed by atoms with E-state index >= 15 is 0 Å². The van der Waals surface area contributed by atoms with E-state index in [2.05, 4.69) is 13.8 Å². The van der Waals surface area contributed by atoms with Gasteiger partial charge >= 0.3 is 0 Å². The Morgan fingerprint density at radius 3 is 2.47 bits per heavy atom. The number of rotatable bonds is 6. The average molecular weight is 257 g/mol. The van der Waals surface area contributed by atoms with Gasteiger partial charge in [0.1, 0.15) is 11.5 Å². The Morgan fingerprint density at radius 2 is 1.94 bits per heavy atom. The van der Waals surface area contributed by atoms with Crippen LogP contribution in [0.25, 0.3) is 0 Å². The molecule has 0 heterocycles. The molecule has 0 aliphatic heterocycles. The summed E-state index contributed by atoms with van der Waals surface area (Å²) < 4.78 is 10.5. The zero-order chi connectivity index (χ0) is 12.8. The quantitative estimate of drug-likeness (QED) is 0.702. The van der Waals surface area contributed by atoms with E-state index in [9.17, 15) is 0 Å². The molecule has 0 saturated carbocycles. The van der Waals surface area contributed by atoms with Crippen molar-refractivity contribution < 1.29 is 9.47 Å². The van der Waals surface area contributed by atoms with Crippen molar-refractivity contribution in [1.82, 2.24) is 0 Å². The third-order valence-corrected chi connectivity index (χ3v) is 3.65. The van der Waals surface area contributed by atoms with Crippen LogP contribution in [0.5, 0.6) is 11.5 Å². The largest absolute Gasteiger partial charge is 0.497 e. The fourth-order valence-corrected chi connectivity index (χ4v) is 2.26. The van der Waals surface area contributed by atoms with Gasteiger partial charge in [0.25, 0.3) is 0 Å². The molecule has 0 saturated heterocycles. The van der Waals surface area contributed by atoms with Gasteiger partial charge in [-0.25, -0.2) is 0 Å². The maximum absolute atomic E-state index is 6.49. The van der Waals surface area contributed by atoms with Gasteiger partial charge in [0, 0.05) is 11.6 Å². The van der Waals surface area contributed by atoms with Crippen molar-refractivity contribution in [3.63, 3.8) is 0 Å². The molecule has 0 amide bonds. The molecule has 1 rings (SSSR count). The average Bonchev–Trinajstić information content (AvgIpc) is 2.37. The molecule has 0 aliphatic rings. The lowest BCUT2D eigenvalue weighted by Gasteiger charge is -2.20. The highest BCUT2D eigenvalue weighted by atomic mass is 35.5. The van der Waals surface area contributed by atoms with Gasteiger partial charge in [0.05, 0.1) is 19.6 Å². The highest BCUT2D eigenvalue weighted by molar-refractivity contribution is 6.21. The van der Waals surface area contributed by atoms with Crippen LogP contribution in [0, 0.1) is 5.92 Å². The minimum atomic E-state index is -0.0178. The molecule has 0 spiro atoms. The van der Waals surface area contributed by atoms with Crippen molar-refractivity contribution in [2.75, 3.05) is 14.2 Å². The molecule has 1 aromatic rings. The van der Waals surface area contributed by atoms with Gasteiger partial charge in [-0.1, -0.05) is 26.3 Å². The Labute approximate surface area is 109 Å². The topological polar surface area (TPSA) is 18.5 Å². The monoisotopic (exact) mass is 256 g/mol. The maximum atomic E-state index is 6.49. The van der Waals surface area contributed by atoms with Crippen molar-refractivity contribution in [3.8, 4) is 11.5 Å². The molecule has 96 valence electrons. The first-order valence-corrected chi connectivity index (χ1v) is 6.43. The van der Waals surface area contributed by atoms with E-state index in [0.29, 0.717) is 5.92 Å². The molecule has 2 nitrogen and oxygen atoms in total. The summed E-state index contributed by atoms with van der Waals surface area (Å²) in [6, 6.07) is 5.79. The number of benzene rings is 1. The minimum absolute atomic E-state index is 0.0178. The lowest BCUT2D eigenvalue weighted by Crippen LogP contribution is -2.05. The molecular weight excluding hydrogens is 236 g/mol. The smallest absolute Gasteiger partial charge is 0.127 e. The SMILES string of the molecule is CCCC(C)C(Cl)c1ccc(OC)cc1OC. The second-order valence-corrected chi connectivity index (χ2v) is 4.75. The van der Waals surface area contributed by atoms with E-state index in [0.717, 1.165) is 29.9 Å². The van der Waals surface area contributed by atoms with Gasteiger partial charge in [-0.05, 0) is 18.4 Å². The Morgan fingerprint density at radius 1 is 1.24 bits per heavy atom. The maximum Gasteiger partial charge on any atom is 0.127 e. The number of alkyl halides is 1. The Kier molecular flexibility index (Phi) is 5.63. The fraction of sp³-hybridized carbons (Fsp3) is 0.571. The first-order chi connectivity index (χ1) is 8.13. The third kappa shape index (κ3) is 3.53. The zero-order valence-corrected chi connectivity index (χ0v) is 11.8. The van der Waals surface area contributed by atoms with Crippen LogP contribution in [0.2, 0.25) is 0 Å². The second kappa shape index (κ2) is 6.75. The zero-order valence-electron chi connectivity index (χ0n) is 11.0. The Bertz CT molecular complexity index is 352. The molecule has 2 atom stereocenters. The second-order valence-electron chi connectivity index (χ2n) is 4.28.